The highest BCUT2D eigenvalue weighted by Crippen LogP contribution is 2.16. The molecule has 0 unspecified atom stereocenters. The molecule has 0 aliphatic carbocycles. The van der Waals surface area contributed by atoms with Crippen LogP contribution in [0.2, 0.25) is 0 Å². The number of nitrogens with zero attached hydrogens (tertiary/aromatic N) is 3. The smallest absolute Gasteiger partial charge is 0.115 e. The van der Waals surface area contributed by atoms with E-state index in [-0.39, 0.29) is 0 Å². The second-order valence-corrected chi connectivity index (χ2v) is 3.89. The second kappa shape index (κ2) is 6.06. The van der Waals surface area contributed by atoms with Crippen molar-refractivity contribution in [2.24, 2.45) is 0 Å². The maximum absolute atomic E-state index is 4.24. The van der Waals surface area contributed by atoms with E-state index in [0.717, 1.165) is 30.6 Å². The average molecular weight is 228 g/mol. The van der Waals surface area contributed by atoms with Gasteiger partial charge in [0, 0.05) is 42.5 Å². The molecule has 4 heteroatoms. The Morgan fingerprint density at radius 2 is 1.76 bits per heavy atom. The fourth-order valence-corrected chi connectivity index (χ4v) is 1.60. The highest BCUT2D eigenvalue weighted by molar-refractivity contribution is 5.60. The maximum Gasteiger partial charge on any atom is 0.115 e. The minimum absolute atomic E-state index is 0.850. The lowest BCUT2D eigenvalue weighted by molar-refractivity contribution is 0.674. The third-order valence-electron chi connectivity index (χ3n) is 2.44. The molecule has 17 heavy (non-hydrogen) atoms. The summed E-state index contributed by atoms with van der Waals surface area (Å²) in [6.45, 7) is 4.03. The van der Waals surface area contributed by atoms with Gasteiger partial charge in [0.15, 0.2) is 0 Å². The van der Waals surface area contributed by atoms with E-state index in [9.17, 15) is 0 Å². The van der Waals surface area contributed by atoms with Crippen LogP contribution in [-0.2, 0) is 6.54 Å². The van der Waals surface area contributed by atoms with Gasteiger partial charge in [-0.1, -0.05) is 6.92 Å². The number of hydrogen-bond donors (Lipinski definition) is 1. The zero-order valence-corrected chi connectivity index (χ0v) is 9.93. The van der Waals surface area contributed by atoms with Crippen LogP contribution in [0, 0.1) is 0 Å². The van der Waals surface area contributed by atoms with E-state index in [1.54, 1.807) is 12.4 Å². The fourth-order valence-electron chi connectivity index (χ4n) is 1.60. The third-order valence-corrected chi connectivity index (χ3v) is 2.44. The molecule has 2 heterocycles. The van der Waals surface area contributed by atoms with Gasteiger partial charge >= 0.3 is 0 Å². The summed E-state index contributed by atoms with van der Waals surface area (Å²) >= 11 is 0. The Morgan fingerprint density at radius 1 is 1.00 bits per heavy atom. The molecule has 0 bridgehead atoms. The molecular formula is C13H16N4. The molecule has 1 N–H and O–H groups in total. The van der Waals surface area contributed by atoms with Crippen LogP contribution >= 0.6 is 0 Å². The van der Waals surface area contributed by atoms with E-state index in [4.69, 9.17) is 0 Å². The second-order valence-electron chi connectivity index (χ2n) is 3.89. The Bertz CT molecular complexity index is 456. The van der Waals surface area contributed by atoms with Gasteiger partial charge in [-0.2, -0.15) is 0 Å². The normalized spacial score (nSPS) is 10.4. The predicted molar refractivity (Wildman–Crippen MR) is 67.3 cm³/mol. The van der Waals surface area contributed by atoms with Gasteiger partial charge < -0.3 is 5.32 Å². The summed E-state index contributed by atoms with van der Waals surface area (Å²) in [4.78, 5) is 12.3. The first-order valence-electron chi connectivity index (χ1n) is 5.80. The van der Waals surface area contributed by atoms with Gasteiger partial charge in [0.1, 0.15) is 6.33 Å². The van der Waals surface area contributed by atoms with Crippen LogP contribution in [0.5, 0.6) is 0 Å². The molecule has 2 rings (SSSR count). The van der Waals surface area contributed by atoms with Crippen LogP contribution in [0.15, 0.2) is 37.2 Å². The molecule has 0 radical (unpaired) electrons. The van der Waals surface area contributed by atoms with Crippen LogP contribution in [0.3, 0.4) is 0 Å². The molecule has 0 atom stereocenters. The number of rotatable bonds is 5. The SMILES string of the molecule is CCCNCc1cncc(-c2cncnc2)c1. The van der Waals surface area contributed by atoms with Crippen molar-refractivity contribution in [2.45, 2.75) is 19.9 Å². The molecule has 0 saturated carbocycles. The molecular weight excluding hydrogens is 212 g/mol. The molecule has 0 saturated heterocycles. The summed E-state index contributed by atoms with van der Waals surface area (Å²) in [6.07, 6.45) is 9.99. The van der Waals surface area contributed by atoms with E-state index < -0.39 is 0 Å². The minimum Gasteiger partial charge on any atom is -0.313 e. The summed E-state index contributed by atoms with van der Waals surface area (Å²) < 4.78 is 0. The molecule has 88 valence electrons. The highest BCUT2D eigenvalue weighted by Gasteiger charge is 2.00. The van der Waals surface area contributed by atoms with Gasteiger partial charge in [-0.3, -0.25) is 4.98 Å². The first kappa shape index (κ1) is 11.7. The van der Waals surface area contributed by atoms with Crippen molar-refractivity contribution in [1.29, 1.82) is 0 Å². The molecule has 0 amide bonds. The molecule has 2 aromatic rings. The Labute approximate surface area is 101 Å². The van der Waals surface area contributed by atoms with Crippen LogP contribution in [0.4, 0.5) is 0 Å². The molecule has 2 aromatic heterocycles. The Kier molecular flexibility index (Phi) is 4.16. The zero-order chi connectivity index (χ0) is 11.9. The van der Waals surface area contributed by atoms with E-state index in [2.05, 4.69) is 33.3 Å². The Hall–Kier alpha value is -1.81. The number of pyridine rings is 1. The van der Waals surface area contributed by atoms with Gasteiger partial charge in [-0.25, -0.2) is 9.97 Å². The first-order valence-corrected chi connectivity index (χ1v) is 5.80. The van der Waals surface area contributed by atoms with Crippen LogP contribution in [0.1, 0.15) is 18.9 Å². The summed E-state index contributed by atoms with van der Waals surface area (Å²) in [5.41, 5.74) is 3.23. The lowest BCUT2D eigenvalue weighted by Crippen LogP contribution is -2.13. The van der Waals surface area contributed by atoms with Crippen LogP contribution in [0.25, 0.3) is 11.1 Å². The fraction of sp³-hybridized carbons (Fsp3) is 0.308. The standard InChI is InChI=1S/C13H16N4/c1-2-3-14-5-11-4-12(7-15-6-11)13-8-16-10-17-9-13/h4,6-10,14H,2-3,5H2,1H3. The number of aromatic nitrogens is 3. The zero-order valence-electron chi connectivity index (χ0n) is 9.93. The molecule has 0 aromatic carbocycles. The molecule has 0 spiro atoms. The summed E-state index contributed by atoms with van der Waals surface area (Å²) in [7, 11) is 0. The summed E-state index contributed by atoms with van der Waals surface area (Å²) in [6, 6.07) is 2.12. The monoisotopic (exact) mass is 228 g/mol. The Balaban J connectivity index is 2.12. The largest absolute Gasteiger partial charge is 0.313 e. The van der Waals surface area contributed by atoms with E-state index in [1.165, 1.54) is 11.9 Å². The molecule has 0 fully saturated rings. The van der Waals surface area contributed by atoms with Crippen molar-refractivity contribution >= 4 is 0 Å². The van der Waals surface area contributed by atoms with E-state index in [1.807, 2.05) is 12.4 Å². The van der Waals surface area contributed by atoms with Crippen molar-refractivity contribution in [3.05, 3.63) is 42.7 Å². The summed E-state index contributed by atoms with van der Waals surface area (Å²) in [5, 5.41) is 3.36. The van der Waals surface area contributed by atoms with E-state index >= 15 is 0 Å². The van der Waals surface area contributed by atoms with Crippen molar-refractivity contribution in [3.8, 4) is 11.1 Å². The maximum atomic E-state index is 4.24. The van der Waals surface area contributed by atoms with Gasteiger partial charge in [0.25, 0.3) is 0 Å². The minimum atomic E-state index is 0.850. The number of nitrogens with one attached hydrogen (secondary N) is 1. The highest BCUT2D eigenvalue weighted by atomic mass is 14.8. The number of hydrogen-bond acceptors (Lipinski definition) is 4. The van der Waals surface area contributed by atoms with Crippen molar-refractivity contribution < 1.29 is 0 Å². The van der Waals surface area contributed by atoms with Gasteiger partial charge in [0.2, 0.25) is 0 Å². The van der Waals surface area contributed by atoms with Crippen molar-refractivity contribution in [1.82, 2.24) is 20.3 Å². The molecule has 4 nitrogen and oxygen atoms in total. The topological polar surface area (TPSA) is 50.7 Å². The van der Waals surface area contributed by atoms with Crippen LogP contribution < -0.4 is 5.32 Å². The van der Waals surface area contributed by atoms with Gasteiger partial charge in [0.05, 0.1) is 0 Å². The van der Waals surface area contributed by atoms with Crippen LogP contribution in [-0.4, -0.2) is 21.5 Å². The third kappa shape index (κ3) is 3.32. The average Bonchev–Trinajstić information content (AvgIpc) is 2.41. The van der Waals surface area contributed by atoms with Crippen molar-refractivity contribution in [2.75, 3.05) is 6.54 Å². The van der Waals surface area contributed by atoms with E-state index in [0.29, 0.717) is 0 Å². The lowest BCUT2D eigenvalue weighted by atomic mass is 10.1. The Morgan fingerprint density at radius 3 is 2.53 bits per heavy atom. The van der Waals surface area contributed by atoms with Gasteiger partial charge in [-0.05, 0) is 24.6 Å². The first-order chi connectivity index (χ1) is 8.40. The van der Waals surface area contributed by atoms with Crippen molar-refractivity contribution in [3.63, 3.8) is 0 Å². The quantitative estimate of drug-likeness (QED) is 0.796. The lowest BCUT2D eigenvalue weighted by Gasteiger charge is -2.05. The molecule has 0 aliphatic heterocycles. The molecule has 0 aliphatic rings. The predicted octanol–water partition coefficient (Wildman–Crippen LogP) is 2.04. The summed E-state index contributed by atoms with van der Waals surface area (Å²) in [5.74, 6) is 0. The van der Waals surface area contributed by atoms with Gasteiger partial charge in [-0.15, -0.1) is 0 Å².